The van der Waals surface area contributed by atoms with E-state index in [4.69, 9.17) is 0 Å². The minimum Gasteiger partial charge on any atom is -0.508 e. The van der Waals surface area contributed by atoms with Crippen LogP contribution in [-0.4, -0.2) is 46.4 Å². The molecule has 0 saturated heterocycles. The highest BCUT2D eigenvalue weighted by atomic mass is 19.1. The fraction of sp³-hybridized carbons (Fsp3) is 0.629. The first kappa shape index (κ1) is 29.1. The van der Waals surface area contributed by atoms with Gasteiger partial charge in [-0.05, 0) is 103 Å². The van der Waals surface area contributed by atoms with Gasteiger partial charge in [-0.25, -0.2) is 4.39 Å². The number of carbonyl (C=O) groups excluding carboxylic acids is 1. The highest BCUT2D eigenvalue weighted by molar-refractivity contribution is 5.75. The number of benzene rings is 2. The summed E-state index contributed by atoms with van der Waals surface area (Å²) in [7, 11) is 0. The Balaban J connectivity index is 1.20. The van der Waals surface area contributed by atoms with Crippen LogP contribution < -0.4 is 0 Å². The smallest absolute Gasteiger partial charge is 0.222 e. The molecule has 2 aromatic rings. The lowest BCUT2D eigenvalue weighted by atomic mass is 9.51. The maximum Gasteiger partial charge on any atom is 0.222 e. The average Bonchev–Trinajstić information content (AvgIpc) is 3.24. The van der Waals surface area contributed by atoms with Crippen LogP contribution in [0, 0.1) is 23.2 Å². The maximum atomic E-state index is 16.0. The molecule has 2 N–H and O–H groups in total. The van der Waals surface area contributed by atoms with E-state index in [2.05, 4.69) is 31.2 Å². The van der Waals surface area contributed by atoms with Crippen molar-refractivity contribution in [2.75, 3.05) is 13.1 Å². The van der Waals surface area contributed by atoms with Crippen LogP contribution in [0.1, 0.15) is 94.2 Å². The first-order valence-corrected chi connectivity index (χ1v) is 15.8. The van der Waals surface area contributed by atoms with Crippen LogP contribution in [0.5, 0.6) is 5.75 Å². The van der Waals surface area contributed by atoms with Crippen LogP contribution >= 0.6 is 0 Å². The number of amides is 1. The van der Waals surface area contributed by atoms with E-state index < -0.39 is 12.3 Å². The Morgan fingerprint density at radius 1 is 1.05 bits per heavy atom. The van der Waals surface area contributed by atoms with E-state index in [0.717, 1.165) is 82.0 Å². The largest absolute Gasteiger partial charge is 0.508 e. The molecule has 3 aliphatic carbocycles. The second-order valence-electron chi connectivity index (χ2n) is 13.0. The van der Waals surface area contributed by atoms with E-state index in [0.29, 0.717) is 24.7 Å². The van der Waals surface area contributed by atoms with Gasteiger partial charge in [-0.15, -0.1) is 0 Å². The topological polar surface area (TPSA) is 60.8 Å². The second-order valence-corrected chi connectivity index (χ2v) is 13.0. The van der Waals surface area contributed by atoms with Gasteiger partial charge >= 0.3 is 0 Å². The number of fused-ring (bicyclic) bond motifs is 5. The number of hydrogen-bond donors (Lipinski definition) is 2. The lowest BCUT2D eigenvalue weighted by Gasteiger charge is -2.54. The second kappa shape index (κ2) is 12.6. The number of aliphatic hydroxyl groups is 1. The van der Waals surface area contributed by atoms with Crippen LogP contribution in [-0.2, 0) is 17.6 Å². The summed E-state index contributed by atoms with van der Waals surface area (Å²) in [6.07, 6.45) is 8.31. The summed E-state index contributed by atoms with van der Waals surface area (Å²) >= 11 is 0. The number of phenolic OH excluding ortho intramolecular Hbond substituents is 1. The molecule has 0 bridgehead atoms. The van der Waals surface area contributed by atoms with Crippen LogP contribution in [0.25, 0.3) is 0 Å². The first-order chi connectivity index (χ1) is 19.3. The summed E-state index contributed by atoms with van der Waals surface area (Å²) in [5, 5.41) is 21.1. The normalized spacial score (nSPS) is 30.8. The average molecular weight is 550 g/mol. The number of unbranched alkanes of at least 4 members (excludes halogenated alkanes) is 2. The van der Waals surface area contributed by atoms with Gasteiger partial charge in [0.05, 0.1) is 6.10 Å². The maximum absolute atomic E-state index is 16.0. The summed E-state index contributed by atoms with van der Waals surface area (Å²) in [6.45, 7) is 5.67. The molecule has 3 aliphatic rings. The zero-order valence-corrected chi connectivity index (χ0v) is 24.4. The van der Waals surface area contributed by atoms with Crippen LogP contribution in [0.2, 0.25) is 0 Å². The summed E-state index contributed by atoms with van der Waals surface area (Å²) in [6, 6.07) is 16.0. The highest BCUT2D eigenvalue weighted by Gasteiger charge is 2.59. The number of carbonyl (C=O) groups is 1. The number of phenols is 1. The molecule has 40 heavy (non-hydrogen) atoms. The summed E-state index contributed by atoms with van der Waals surface area (Å²) in [5.74, 6) is 1.28. The predicted octanol–water partition coefficient (Wildman–Crippen LogP) is 7.22. The molecule has 0 aromatic heterocycles. The van der Waals surface area contributed by atoms with Gasteiger partial charge in [0, 0.05) is 25.4 Å². The molecule has 2 aromatic carbocycles. The Kier molecular flexibility index (Phi) is 9.19. The van der Waals surface area contributed by atoms with Crippen molar-refractivity contribution in [2.45, 2.75) is 103 Å². The number of aliphatic hydroxyl groups excluding tert-OH is 1. The Morgan fingerprint density at radius 2 is 1.82 bits per heavy atom. The predicted molar refractivity (Wildman–Crippen MR) is 158 cm³/mol. The van der Waals surface area contributed by atoms with E-state index in [1.165, 1.54) is 5.56 Å². The van der Waals surface area contributed by atoms with E-state index in [1.54, 1.807) is 6.07 Å². The SMILES string of the molecule is CCC(=O)N(CCCCCC1Cc2cc(O)ccc2C2C(F)C[C@]3(C)C(O)CCC3C12)CCCc1ccccc1. The molecule has 7 atom stereocenters. The number of hydrogen-bond acceptors (Lipinski definition) is 3. The number of aryl methyl sites for hydroxylation is 1. The van der Waals surface area contributed by atoms with Crippen molar-refractivity contribution >= 4 is 5.91 Å². The number of aromatic hydroxyl groups is 1. The van der Waals surface area contributed by atoms with Gasteiger partial charge in [0.1, 0.15) is 11.9 Å². The van der Waals surface area contributed by atoms with Crippen molar-refractivity contribution < 1.29 is 19.4 Å². The Morgan fingerprint density at radius 3 is 2.60 bits per heavy atom. The zero-order valence-electron chi connectivity index (χ0n) is 24.4. The van der Waals surface area contributed by atoms with Gasteiger partial charge in [-0.1, -0.05) is 63.1 Å². The number of alkyl halides is 1. The third-order valence-corrected chi connectivity index (χ3v) is 10.7. The third-order valence-electron chi connectivity index (χ3n) is 10.7. The molecule has 218 valence electrons. The Bertz CT molecular complexity index is 1140. The number of nitrogens with zero attached hydrogens (tertiary/aromatic N) is 1. The molecule has 0 radical (unpaired) electrons. The molecule has 5 heteroatoms. The number of rotatable bonds is 11. The Labute approximate surface area is 240 Å². The molecule has 6 unspecified atom stereocenters. The van der Waals surface area contributed by atoms with Gasteiger partial charge in [0.2, 0.25) is 5.91 Å². The van der Waals surface area contributed by atoms with Crippen LogP contribution in [0.4, 0.5) is 4.39 Å². The lowest BCUT2D eigenvalue weighted by molar-refractivity contribution is -0.131. The van der Waals surface area contributed by atoms with Gasteiger partial charge in [-0.2, -0.15) is 0 Å². The van der Waals surface area contributed by atoms with Gasteiger partial charge < -0.3 is 15.1 Å². The van der Waals surface area contributed by atoms with E-state index in [1.807, 2.05) is 30.0 Å². The molecular weight excluding hydrogens is 501 g/mol. The van der Waals surface area contributed by atoms with Crippen molar-refractivity contribution in [1.82, 2.24) is 4.90 Å². The van der Waals surface area contributed by atoms with Crippen molar-refractivity contribution in [3.05, 3.63) is 65.2 Å². The first-order valence-electron chi connectivity index (χ1n) is 15.8. The van der Waals surface area contributed by atoms with E-state index >= 15 is 4.39 Å². The van der Waals surface area contributed by atoms with Crippen molar-refractivity contribution in [1.29, 1.82) is 0 Å². The summed E-state index contributed by atoms with van der Waals surface area (Å²) < 4.78 is 16.0. The van der Waals surface area contributed by atoms with E-state index in [-0.39, 0.29) is 28.9 Å². The molecule has 2 fully saturated rings. The molecule has 1 amide bonds. The minimum absolute atomic E-state index is 0.139. The molecule has 0 aliphatic heterocycles. The quantitative estimate of drug-likeness (QED) is 0.291. The molecule has 2 saturated carbocycles. The van der Waals surface area contributed by atoms with Crippen LogP contribution in [0.15, 0.2) is 48.5 Å². The minimum atomic E-state index is -0.963. The fourth-order valence-electron chi connectivity index (χ4n) is 8.62. The monoisotopic (exact) mass is 549 g/mol. The lowest BCUT2D eigenvalue weighted by Crippen LogP contribution is -2.51. The summed E-state index contributed by atoms with van der Waals surface area (Å²) in [4.78, 5) is 14.7. The summed E-state index contributed by atoms with van der Waals surface area (Å²) in [5.41, 5.74) is 3.16. The van der Waals surface area contributed by atoms with Crippen LogP contribution in [0.3, 0.4) is 0 Å². The molecule has 0 heterocycles. The molecule has 5 rings (SSSR count). The van der Waals surface area contributed by atoms with Crippen molar-refractivity contribution in [3.8, 4) is 5.75 Å². The molecule has 4 nitrogen and oxygen atoms in total. The van der Waals surface area contributed by atoms with Gasteiger partial charge in [0.25, 0.3) is 0 Å². The molecule has 0 spiro atoms. The fourth-order valence-corrected chi connectivity index (χ4v) is 8.62. The van der Waals surface area contributed by atoms with Crippen molar-refractivity contribution in [3.63, 3.8) is 0 Å². The third kappa shape index (κ3) is 5.95. The standard InChI is InChI=1S/C35H48FNO3/c1-3-32(40)37(20-10-13-24-11-6-4-7-12-24)19-9-5-8-14-25-21-26-22-27(38)15-16-28(26)34-30(36)23-35(2)29(33(25)34)17-18-31(35)39/h4,6-7,11-12,15-16,22,25,29-31,33-34,38-39H,3,5,8-10,13-14,17-21,23H2,1-2H3/t25?,29?,30?,31?,33?,34?,35-/m0/s1. The van der Waals surface area contributed by atoms with E-state index in [9.17, 15) is 15.0 Å². The van der Waals surface area contributed by atoms with Gasteiger partial charge in [-0.3, -0.25) is 4.79 Å². The zero-order chi connectivity index (χ0) is 28.3. The van der Waals surface area contributed by atoms with Gasteiger partial charge in [0.15, 0.2) is 0 Å². The Hall–Kier alpha value is -2.40. The molecular formula is C35H48FNO3. The number of halogens is 1. The highest BCUT2D eigenvalue weighted by Crippen LogP contribution is 2.63. The van der Waals surface area contributed by atoms with Crippen molar-refractivity contribution in [2.24, 2.45) is 23.2 Å².